The van der Waals surface area contributed by atoms with E-state index >= 15 is 0 Å². The lowest BCUT2D eigenvalue weighted by molar-refractivity contribution is -0.122. The molecule has 0 aliphatic heterocycles. The van der Waals surface area contributed by atoms with Crippen LogP contribution in [0.3, 0.4) is 0 Å². The number of unbranched alkanes of at least 4 members (excludes halogenated alkanes) is 1. The maximum Gasteiger partial charge on any atom is 0.245 e. The Bertz CT molecular complexity index is 196. The van der Waals surface area contributed by atoms with Crippen LogP contribution in [0, 0.1) is 4.91 Å². The van der Waals surface area contributed by atoms with Crippen LogP contribution in [0.2, 0.25) is 0 Å². The number of hydrogen-bond acceptors (Lipinski definition) is 5. The largest absolute Gasteiger partial charge is 0.345 e. The highest BCUT2D eigenvalue weighted by molar-refractivity contribution is 5.81. The molecule has 6 nitrogen and oxygen atoms in total. The Kier molecular flexibility index (Phi) is 7.53. The molecule has 80 valence electrons. The molecule has 0 aliphatic carbocycles. The Balaban J connectivity index is 3.72. The second-order valence-corrected chi connectivity index (χ2v) is 2.88. The number of nitrogens with one attached hydrogen (secondary N) is 1. The van der Waals surface area contributed by atoms with Gasteiger partial charge in [0.05, 0.1) is 6.04 Å². The highest BCUT2D eigenvalue weighted by atomic mass is 16.3. The first-order valence-corrected chi connectivity index (χ1v) is 4.48. The van der Waals surface area contributed by atoms with Crippen molar-refractivity contribution in [1.82, 2.24) is 5.32 Å². The van der Waals surface area contributed by atoms with Gasteiger partial charge in [0.15, 0.2) is 6.54 Å². The van der Waals surface area contributed by atoms with Crippen LogP contribution in [0.5, 0.6) is 0 Å². The van der Waals surface area contributed by atoms with E-state index in [0.29, 0.717) is 19.3 Å². The molecule has 0 bridgehead atoms. The molecule has 0 aliphatic rings. The van der Waals surface area contributed by atoms with E-state index in [1.807, 2.05) is 0 Å². The number of nitrogens with zero attached hydrogens (tertiary/aromatic N) is 1. The van der Waals surface area contributed by atoms with Gasteiger partial charge in [-0.2, -0.15) is 4.91 Å². The molecule has 0 aromatic rings. The molecule has 1 atom stereocenters. The van der Waals surface area contributed by atoms with Gasteiger partial charge < -0.3 is 15.8 Å². The van der Waals surface area contributed by atoms with Crippen LogP contribution in [0.4, 0.5) is 0 Å². The van der Waals surface area contributed by atoms with Crippen LogP contribution in [0.1, 0.15) is 19.3 Å². The van der Waals surface area contributed by atoms with E-state index in [1.165, 1.54) is 0 Å². The van der Waals surface area contributed by atoms with Crippen molar-refractivity contribution in [1.29, 1.82) is 0 Å². The molecular weight excluding hydrogens is 186 g/mol. The van der Waals surface area contributed by atoms with E-state index in [1.54, 1.807) is 0 Å². The van der Waals surface area contributed by atoms with Crippen LogP contribution >= 0.6 is 0 Å². The number of hydrogen-bond donors (Lipinski definition) is 2. The molecular formula is C8H15N3O3. The van der Waals surface area contributed by atoms with Gasteiger partial charge in [0, 0.05) is 0 Å². The van der Waals surface area contributed by atoms with Crippen molar-refractivity contribution in [2.75, 3.05) is 13.1 Å². The third-order valence-corrected chi connectivity index (χ3v) is 1.69. The molecule has 0 unspecified atom stereocenters. The van der Waals surface area contributed by atoms with Crippen LogP contribution in [0.15, 0.2) is 5.18 Å². The molecule has 0 aromatic heterocycles. The average molecular weight is 201 g/mol. The SMILES string of the molecule is NCCCC[C@H](C=O)NC(=O)CN=O. The first-order chi connectivity index (χ1) is 6.74. The van der Waals surface area contributed by atoms with Gasteiger partial charge in [-0.3, -0.25) is 4.79 Å². The Morgan fingerprint density at radius 1 is 1.50 bits per heavy atom. The molecule has 1 amide bonds. The molecule has 0 spiro atoms. The molecule has 0 saturated heterocycles. The molecule has 0 rings (SSSR count). The fraction of sp³-hybridized carbons (Fsp3) is 0.750. The lowest BCUT2D eigenvalue weighted by atomic mass is 10.1. The van der Waals surface area contributed by atoms with Gasteiger partial charge in [-0.1, -0.05) is 5.18 Å². The zero-order valence-electron chi connectivity index (χ0n) is 7.94. The topological polar surface area (TPSA) is 102 Å². The van der Waals surface area contributed by atoms with E-state index in [2.05, 4.69) is 10.5 Å². The summed E-state index contributed by atoms with van der Waals surface area (Å²) < 4.78 is 0. The molecule has 0 saturated carbocycles. The third kappa shape index (κ3) is 6.24. The minimum atomic E-state index is -0.532. The highest BCUT2D eigenvalue weighted by Gasteiger charge is 2.10. The van der Waals surface area contributed by atoms with E-state index < -0.39 is 18.5 Å². The van der Waals surface area contributed by atoms with Crippen molar-refractivity contribution in [3.8, 4) is 0 Å². The first kappa shape index (κ1) is 12.7. The Labute approximate surface area is 82.2 Å². The quantitative estimate of drug-likeness (QED) is 0.316. The zero-order valence-corrected chi connectivity index (χ0v) is 7.94. The van der Waals surface area contributed by atoms with Crippen molar-refractivity contribution in [3.05, 3.63) is 4.91 Å². The number of nitrogens with two attached hydrogens (primary N) is 1. The Morgan fingerprint density at radius 2 is 2.21 bits per heavy atom. The zero-order chi connectivity index (χ0) is 10.8. The maximum absolute atomic E-state index is 10.9. The van der Waals surface area contributed by atoms with Gasteiger partial charge in [-0.15, -0.1) is 0 Å². The van der Waals surface area contributed by atoms with Gasteiger partial charge in [0.1, 0.15) is 6.29 Å². The van der Waals surface area contributed by atoms with E-state index in [-0.39, 0.29) is 0 Å². The highest BCUT2D eigenvalue weighted by Crippen LogP contribution is 1.97. The summed E-state index contributed by atoms with van der Waals surface area (Å²) in [4.78, 5) is 31.1. The van der Waals surface area contributed by atoms with Gasteiger partial charge in [-0.05, 0) is 25.8 Å². The molecule has 0 heterocycles. The van der Waals surface area contributed by atoms with E-state index in [9.17, 15) is 14.5 Å². The molecule has 0 fully saturated rings. The van der Waals surface area contributed by atoms with Crippen molar-refractivity contribution < 1.29 is 9.59 Å². The number of nitroso groups, excluding NO2 is 1. The molecule has 0 aromatic carbocycles. The Morgan fingerprint density at radius 3 is 2.71 bits per heavy atom. The number of rotatable bonds is 8. The number of carbonyl (C=O) groups excluding carboxylic acids is 2. The lowest BCUT2D eigenvalue weighted by Crippen LogP contribution is -2.37. The van der Waals surface area contributed by atoms with Crippen molar-refractivity contribution in [3.63, 3.8) is 0 Å². The predicted octanol–water partition coefficient (Wildman–Crippen LogP) is -0.434. The summed E-state index contributed by atoms with van der Waals surface area (Å²) in [6.45, 7) is 0.122. The fourth-order valence-electron chi connectivity index (χ4n) is 0.994. The third-order valence-electron chi connectivity index (χ3n) is 1.69. The second-order valence-electron chi connectivity index (χ2n) is 2.88. The molecule has 3 N–H and O–H groups in total. The summed E-state index contributed by atoms with van der Waals surface area (Å²) in [6.07, 6.45) is 2.78. The summed E-state index contributed by atoms with van der Waals surface area (Å²) in [5.41, 5.74) is 5.27. The number of amides is 1. The monoisotopic (exact) mass is 201 g/mol. The maximum atomic E-state index is 10.9. The van der Waals surface area contributed by atoms with E-state index in [4.69, 9.17) is 5.73 Å². The van der Waals surface area contributed by atoms with Crippen LogP contribution < -0.4 is 11.1 Å². The predicted molar refractivity (Wildman–Crippen MR) is 51.6 cm³/mol. The minimum absolute atomic E-state index is 0.443. The van der Waals surface area contributed by atoms with Gasteiger partial charge in [0.25, 0.3) is 0 Å². The number of carbonyl (C=O) groups is 2. The van der Waals surface area contributed by atoms with Crippen molar-refractivity contribution >= 4 is 12.2 Å². The Hall–Kier alpha value is -1.30. The van der Waals surface area contributed by atoms with Crippen LogP contribution in [0.25, 0.3) is 0 Å². The summed E-state index contributed by atoms with van der Waals surface area (Å²) in [7, 11) is 0. The summed E-state index contributed by atoms with van der Waals surface area (Å²) in [6, 6.07) is -0.532. The van der Waals surface area contributed by atoms with Crippen molar-refractivity contribution in [2.45, 2.75) is 25.3 Å². The van der Waals surface area contributed by atoms with Crippen molar-refractivity contribution in [2.24, 2.45) is 10.9 Å². The number of aldehydes is 1. The molecule has 6 heteroatoms. The molecule has 0 radical (unpaired) electrons. The van der Waals surface area contributed by atoms with Crippen LogP contribution in [-0.4, -0.2) is 31.3 Å². The average Bonchev–Trinajstić information content (AvgIpc) is 2.17. The standard InChI is InChI=1S/C8H15N3O3/c9-4-2-1-3-7(6-12)11-8(13)5-10-14/h6-7H,1-5,9H2,(H,11,13)/t7-/m1/s1. The molecule has 14 heavy (non-hydrogen) atoms. The van der Waals surface area contributed by atoms with Gasteiger partial charge in [0.2, 0.25) is 5.91 Å². The summed E-state index contributed by atoms with van der Waals surface area (Å²) >= 11 is 0. The van der Waals surface area contributed by atoms with E-state index in [0.717, 1.165) is 12.8 Å². The normalized spacial score (nSPS) is 11.8. The first-order valence-electron chi connectivity index (χ1n) is 4.48. The minimum Gasteiger partial charge on any atom is -0.345 e. The van der Waals surface area contributed by atoms with Gasteiger partial charge in [-0.25, -0.2) is 0 Å². The fourth-order valence-corrected chi connectivity index (χ4v) is 0.994. The van der Waals surface area contributed by atoms with Crippen LogP contribution in [-0.2, 0) is 9.59 Å². The second kappa shape index (κ2) is 8.31. The smallest absolute Gasteiger partial charge is 0.245 e. The summed E-state index contributed by atoms with van der Waals surface area (Å²) in [5.74, 6) is -0.523. The lowest BCUT2D eigenvalue weighted by Gasteiger charge is -2.10. The van der Waals surface area contributed by atoms with Gasteiger partial charge >= 0.3 is 0 Å². The summed E-state index contributed by atoms with van der Waals surface area (Å²) in [5, 5.41) is 4.81.